The standard InChI is InChI=1S/C54H35NSSi/c1-3-17-37(18-4-1)57(38-19-5-2-6-20-38,40-30-31-45-43-24-8-7-22-41(43)42-23-9-10-25-44(42)50(45)35-40)39-21-15-16-36(34-39)55-51-28-13-11-26-46(51)48-32-33-49-47-27-12-14-29-52(47)56-54(49)53(48)55/h1-35H. The second kappa shape index (κ2) is 12.6. The Morgan fingerprint density at radius 2 is 0.807 bits per heavy atom. The highest BCUT2D eigenvalue weighted by Crippen LogP contribution is 2.43. The van der Waals surface area contributed by atoms with E-state index in [4.69, 9.17) is 0 Å². The lowest BCUT2D eigenvalue weighted by Crippen LogP contribution is -2.74. The zero-order chi connectivity index (χ0) is 37.5. The Labute approximate surface area is 335 Å². The van der Waals surface area contributed by atoms with Gasteiger partial charge in [-0.25, -0.2) is 0 Å². The Kier molecular flexibility index (Phi) is 7.19. The molecule has 12 rings (SSSR count). The highest BCUT2D eigenvalue weighted by atomic mass is 32.1. The molecule has 0 atom stereocenters. The van der Waals surface area contributed by atoms with E-state index in [9.17, 15) is 0 Å². The molecule has 0 unspecified atom stereocenters. The quantitative estimate of drug-likeness (QED) is 0.0936. The minimum absolute atomic E-state index is 1.18. The lowest BCUT2D eigenvalue weighted by atomic mass is 9.94. The second-order valence-corrected chi connectivity index (χ2v) is 20.0. The van der Waals surface area contributed by atoms with Gasteiger partial charge < -0.3 is 4.57 Å². The van der Waals surface area contributed by atoms with Crippen molar-refractivity contribution in [3.63, 3.8) is 0 Å². The van der Waals surface area contributed by atoms with Gasteiger partial charge in [0.1, 0.15) is 0 Å². The summed E-state index contributed by atoms with van der Waals surface area (Å²) in [5.74, 6) is 0. The fourth-order valence-corrected chi connectivity index (χ4v) is 15.9. The van der Waals surface area contributed by atoms with Gasteiger partial charge in [0.15, 0.2) is 8.07 Å². The predicted molar refractivity (Wildman–Crippen MR) is 250 cm³/mol. The van der Waals surface area contributed by atoms with Crippen LogP contribution < -0.4 is 20.7 Å². The smallest absolute Gasteiger partial charge is 0.179 e. The highest BCUT2D eigenvalue weighted by Gasteiger charge is 2.42. The van der Waals surface area contributed by atoms with Crippen molar-refractivity contribution in [1.82, 2.24) is 4.57 Å². The lowest BCUT2D eigenvalue weighted by Gasteiger charge is -2.35. The number of nitrogens with zero attached hydrogens (tertiary/aromatic N) is 1. The van der Waals surface area contributed by atoms with Gasteiger partial charge >= 0.3 is 0 Å². The van der Waals surface area contributed by atoms with Gasteiger partial charge in [-0.15, -0.1) is 11.3 Å². The van der Waals surface area contributed by atoms with Crippen LogP contribution >= 0.6 is 11.3 Å². The average molecular weight is 758 g/mol. The van der Waals surface area contributed by atoms with Crippen molar-refractivity contribution in [2.45, 2.75) is 0 Å². The summed E-state index contributed by atoms with van der Waals surface area (Å²) in [4.78, 5) is 0. The molecule has 0 fully saturated rings. The zero-order valence-corrected chi connectivity index (χ0v) is 32.9. The molecule has 266 valence electrons. The number of para-hydroxylation sites is 1. The minimum Gasteiger partial charge on any atom is -0.308 e. The molecule has 0 radical (unpaired) electrons. The Balaban J connectivity index is 1.20. The average Bonchev–Trinajstić information content (AvgIpc) is 3.84. The number of thiophene rings is 1. The fraction of sp³-hybridized carbons (Fsp3) is 0. The van der Waals surface area contributed by atoms with E-state index >= 15 is 0 Å². The van der Waals surface area contributed by atoms with E-state index in [1.54, 1.807) is 0 Å². The van der Waals surface area contributed by atoms with Crippen molar-refractivity contribution in [3.05, 3.63) is 212 Å². The first-order valence-corrected chi connectivity index (χ1v) is 22.5. The van der Waals surface area contributed by atoms with Gasteiger partial charge in [-0.1, -0.05) is 188 Å². The number of fused-ring (bicyclic) bond motifs is 13. The monoisotopic (exact) mass is 757 g/mol. The van der Waals surface area contributed by atoms with Crippen molar-refractivity contribution >= 4 is 114 Å². The Morgan fingerprint density at radius 1 is 0.316 bits per heavy atom. The minimum atomic E-state index is -2.94. The van der Waals surface area contributed by atoms with Crippen LogP contribution in [0.3, 0.4) is 0 Å². The van der Waals surface area contributed by atoms with E-state index < -0.39 is 8.07 Å². The maximum absolute atomic E-state index is 2.94. The van der Waals surface area contributed by atoms with E-state index in [0.29, 0.717) is 0 Å². The third-order valence-corrected chi connectivity index (χ3v) is 18.3. The molecule has 2 aromatic heterocycles. The summed E-state index contributed by atoms with van der Waals surface area (Å²) in [6, 6.07) is 79.9. The van der Waals surface area contributed by atoms with Crippen molar-refractivity contribution in [2.24, 2.45) is 0 Å². The van der Waals surface area contributed by atoms with Crippen LogP contribution in [0.25, 0.3) is 80.0 Å². The summed E-state index contributed by atoms with van der Waals surface area (Å²) in [5.41, 5.74) is 3.69. The molecule has 0 saturated heterocycles. The van der Waals surface area contributed by atoms with E-state index in [1.807, 2.05) is 11.3 Å². The molecular formula is C54H35NSSi. The molecule has 0 amide bonds. The molecule has 0 saturated carbocycles. The summed E-state index contributed by atoms with van der Waals surface area (Å²) < 4.78 is 5.20. The normalized spacial score (nSPS) is 12.2. The number of hydrogen-bond acceptors (Lipinski definition) is 1. The molecule has 0 aliphatic rings. The maximum Gasteiger partial charge on any atom is 0.179 e. The molecule has 0 bridgehead atoms. The summed E-state index contributed by atoms with van der Waals surface area (Å²) in [6.07, 6.45) is 0. The van der Waals surface area contributed by atoms with Crippen LogP contribution in [0, 0.1) is 0 Å². The Hall–Kier alpha value is -6.78. The van der Waals surface area contributed by atoms with Crippen molar-refractivity contribution in [3.8, 4) is 5.69 Å². The molecule has 2 heterocycles. The number of rotatable bonds is 5. The van der Waals surface area contributed by atoms with Crippen LogP contribution in [0.5, 0.6) is 0 Å². The van der Waals surface area contributed by atoms with Gasteiger partial charge in [-0.2, -0.15) is 0 Å². The summed E-state index contributed by atoms with van der Waals surface area (Å²) in [6.45, 7) is 0. The third-order valence-electron chi connectivity index (χ3n) is 12.3. The summed E-state index contributed by atoms with van der Waals surface area (Å²) in [7, 11) is -2.94. The van der Waals surface area contributed by atoms with E-state index in [2.05, 4.69) is 217 Å². The predicted octanol–water partition coefficient (Wildman–Crippen LogP) is 12.0. The molecular weight excluding hydrogens is 723 g/mol. The first-order valence-electron chi connectivity index (χ1n) is 19.7. The van der Waals surface area contributed by atoms with Gasteiger partial charge in [-0.05, 0) is 77.3 Å². The van der Waals surface area contributed by atoms with Gasteiger partial charge in [0.2, 0.25) is 0 Å². The van der Waals surface area contributed by atoms with Crippen LogP contribution in [0.2, 0.25) is 0 Å². The molecule has 10 aromatic carbocycles. The molecule has 0 spiro atoms. The largest absolute Gasteiger partial charge is 0.308 e. The van der Waals surface area contributed by atoms with Gasteiger partial charge in [0.25, 0.3) is 0 Å². The molecule has 12 aromatic rings. The SMILES string of the molecule is c1ccc([Si](c2ccccc2)(c2cccc(-n3c4ccccc4c4ccc5c6ccccc6sc5c43)c2)c2ccc3c4ccccc4c4ccccc4c3c2)cc1. The second-order valence-electron chi connectivity index (χ2n) is 15.2. The Morgan fingerprint density at radius 3 is 1.49 bits per heavy atom. The summed E-state index contributed by atoms with van der Waals surface area (Å²) in [5, 5.41) is 18.5. The number of hydrogen-bond donors (Lipinski definition) is 0. The molecule has 0 aliphatic heterocycles. The van der Waals surface area contributed by atoms with Gasteiger partial charge in [0, 0.05) is 31.9 Å². The van der Waals surface area contributed by atoms with Crippen LogP contribution in [-0.2, 0) is 0 Å². The molecule has 3 heteroatoms. The van der Waals surface area contributed by atoms with Crippen LogP contribution in [0.4, 0.5) is 0 Å². The van der Waals surface area contributed by atoms with E-state index in [1.165, 1.54) is 101 Å². The first kappa shape index (κ1) is 32.5. The van der Waals surface area contributed by atoms with E-state index in [0.717, 1.165) is 0 Å². The van der Waals surface area contributed by atoms with Crippen molar-refractivity contribution < 1.29 is 0 Å². The number of benzene rings is 10. The maximum atomic E-state index is 2.55. The zero-order valence-electron chi connectivity index (χ0n) is 31.1. The topological polar surface area (TPSA) is 4.93 Å². The fourth-order valence-electron chi connectivity index (χ4n) is 9.89. The van der Waals surface area contributed by atoms with Gasteiger partial charge in [0.05, 0.1) is 15.7 Å². The van der Waals surface area contributed by atoms with Crippen molar-refractivity contribution in [1.29, 1.82) is 0 Å². The molecule has 1 nitrogen and oxygen atoms in total. The van der Waals surface area contributed by atoms with Crippen LogP contribution in [0.15, 0.2) is 212 Å². The van der Waals surface area contributed by atoms with E-state index in [-0.39, 0.29) is 0 Å². The lowest BCUT2D eigenvalue weighted by molar-refractivity contribution is 1.19. The highest BCUT2D eigenvalue weighted by molar-refractivity contribution is 7.26. The molecule has 0 aliphatic carbocycles. The van der Waals surface area contributed by atoms with Gasteiger partial charge in [-0.3, -0.25) is 0 Å². The Bertz CT molecular complexity index is 3450. The van der Waals surface area contributed by atoms with Crippen molar-refractivity contribution in [2.75, 3.05) is 0 Å². The first-order chi connectivity index (χ1) is 28.3. The number of aromatic nitrogens is 1. The third kappa shape index (κ3) is 4.67. The van der Waals surface area contributed by atoms with Crippen LogP contribution in [-0.4, -0.2) is 12.6 Å². The van der Waals surface area contributed by atoms with Crippen LogP contribution in [0.1, 0.15) is 0 Å². The summed E-state index contributed by atoms with van der Waals surface area (Å²) >= 11 is 1.91. The molecule has 57 heavy (non-hydrogen) atoms. The molecule has 0 N–H and O–H groups in total.